The highest BCUT2D eigenvalue weighted by Crippen LogP contribution is 2.28. The number of likely N-dealkylation sites (tertiary alicyclic amines) is 1. The fourth-order valence-corrected chi connectivity index (χ4v) is 2.39. The number of amides is 1. The van der Waals surface area contributed by atoms with Crippen LogP contribution in [0.1, 0.15) is 16.8 Å². The predicted octanol–water partition coefficient (Wildman–Crippen LogP) is 1.30. The van der Waals surface area contributed by atoms with E-state index in [1.54, 1.807) is 0 Å². The molecule has 2 heterocycles. The standard InChI is InChI=1S/C12H13NO2/c14-12(9-4-2-1-3-5-9)13-7-11-6-10(13)8-15-11/h1-5,10-11H,6-8H2/t10-,11?/m0/s1. The van der Waals surface area contributed by atoms with E-state index in [0.29, 0.717) is 12.6 Å². The summed E-state index contributed by atoms with van der Waals surface area (Å²) in [5.74, 6) is 0.145. The molecule has 1 aromatic rings. The second-order valence-corrected chi connectivity index (χ2v) is 4.17. The second-order valence-electron chi connectivity index (χ2n) is 4.17. The van der Waals surface area contributed by atoms with Gasteiger partial charge in [-0.05, 0) is 18.6 Å². The van der Waals surface area contributed by atoms with Crippen molar-refractivity contribution in [1.82, 2.24) is 4.90 Å². The van der Waals surface area contributed by atoms with E-state index >= 15 is 0 Å². The zero-order chi connectivity index (χ0) is 10.3. The number of ether oxygens (including phenoxy) is 1. The van der Waals surface area contributed by atoms with Gasteiger partial charge >= 0.3 is 0 Å². The van der Waals surface area contributed by atoms with Crippen LogP contribution >= 0.6 is 0 Å². The minimum absolute atomic E-state index is 0.145. The number of carbonyl (C=O) groups excluding carboxylic acids is 1. The molecule has 0 aromatic heterocycles. The number of benzene rings is 1. The van der Waals surface area contributed by atoms with Gasteiger partial charge in [0, 0.05) is 12.1 Å². The molecule has 1 amide bonds. The lowest BCUT2D eigenvalue weighted by Crippen LogP contribution is -2.41. The molecule has 0 N–H and O–H groups in total. The summed E-state index contributed by atoms with van der Waals surface area (Å²) in [5.41, 5.74) is 0.782. The molecule has 2 atom stereocenters. The van der Waals surface area contributed by atoms with Crippen molar-refractivity contribution >= 4 is 5.91 Å². The summed E-state index contributed by atoms with van der Waals surface area (Å²) >= 11 is 0. The highest BCUT2D eigenvalue weighted by molar-refractivity contribution is 5.94. The Kier molecular flexibility index (Phi) is 1.99. The maximum Gasteiger partial charge on any atom is 0.254 e. The summed E-state index contributed by atoms with van der Waals surface area (Å²) in [7, 11) is 0. The van der Waals surface area contributed by atoms with Crippen molar-refractivity contribution in [2.75, 3.05) is 13.2 Å². The van der Waals surface area contributed by atoms with E-state index in [2.05, 4.69) is 0 Å². The highest BCUT2D eigenvalue weighted by Gasteiger charge is 2.41. The lowest BCUT2D eigenvalue weighted by molar-refractivity contribution is 0.0259. The van der Waals surface area contributed by atoms with Gasteiger partial charge in [0.25, 0.3) is 5.91 Å². The summed E-state index contributed by atoms with van der Waals surface area (Å²) in [6.07, 6.45) is 1.29. The third-order valence-electron chi connectivity index (χ3n) is 3.18. The largest absolute Gasteiger partial charge is 0.374 e. The number of hydrogen-bond acceptors (Lipinski definition) is 2. The van der Waals surface area contributed by atoms with E-state index in [0.717, 1.165) is 18.5 Å². The molecule has 3 nitrogen and oxygen atoms in total. The number of fused-ring (bicyclic) bond motifs is 2. The first-order valence-electron chi connectivity index (χ1n) is 5.32. The summed E-state index contributed by atoms with van der Waals surface area (Å²) < 4.78 is 5.47. The molecule has 2 saturated heterocycles. The molecule has 0 saturated carbocycles. The fraction of sp³-hybridized carbons (Fsp3) is 0.417. The third kappa shape index (κ3) is 1.43. The van der Waals surface area contributed by atoms with Crippen molar-refractivity contribution < 1.29 is 9.53 Å². The maximum absolute atomic E-state index is 12.1. The first kappa shape index (κ1) is 8.92. The molecule has 2 aliphatic heterocycles. The molecule has 0 radical (unpaired) electrons. The normalized spacial score (nSPS) is 28.4. The number of hydrogen-bond donors (Lipinski definition) is 0. The number of nitrogens with zero attached hydrogens (tertiary/aromatic N) is 1. The van der Waals surface area contributed by atoms with Gasteiger partial charge in [-0.1, -0.05) is 18.2 Å². The molecule has 2 bridgehead atoms. The molecule has 3 rings (SSSR count). The van der Waals surface area contributed by atoms with Crippen LogP contribution in [-0.2, 0) is 4.74 Å². The van der Waals surface area contributed by atoms with Crippen LogP contribution in [0.4, 0.5) is 0 Å². The van der Waals surface area contributed by atoms with E-state index < -0.39 is 0 Å². The summed E-state index contributed by atoms with van der Waals surface area (Å²) in [4.78, 5) is 14.1. The Bertz CT molecular complexity index is 376. The van der Waals surface area contributed by atoms with Gasteiger partial charge in [-0.15, -0.1) is 0 Å². The molecular weight excluding hydrogens is 190 g/mol. The Balaban J connectivity index is 1.81. The minimum Gasteiger partial charge on any atom is -0.374 e. The number of morpholine rings is 1. The third-order valence-corrected chi connectivity index (χ3v) is 3.18. The van der Waals surface area contributed by atoms with Crippen molar-refractivity contribution in [2.24, 2.45) is 0 Å². The number of carbonyl (C=O) groups is 1. The maximum atomic E-state index is 12.1. The van der Waals surface area contributed by atoms with Crippen LogP contribution in [-0.4, -0.2) is 36.1 Å². The Hall–Kier alpha value is -1.35. The minimum atomic E-state index is 0.145. The molecular formula is C12H13NO2. The summed E-state index contributed by atoms with van der Waals surface area (Å²) in [6.45, 7) is 1.47. The summed E-state index contributed by atoms with van der Waals surface area (Å²) in [6, 6.07) is 9.78. The smallest absolute Gasteiger partial charge is 0.254 e. The Morgan fingerprint density at radius 1 is 1.33 bits per heavy atom. The quantitative estimate of drug-likeness (QED) is 0.688. The fourth-order valence-electron chi connectivity index (χ4n) is 2.39. The average Bonchev–Trinajstić information content (AvgIpc) is 2.91. The van der Waals surface area contributed by atoms with Gasteiger partial charge in [0.05, 0.1) is 18.8 Å². The van der Waals surface area contributed by atoms with Crippen LogP contribution in [0.5, 0.6) is 0 Å². The van der Waals surface area contributed by atoms with Gasteiger partial charge in [-0.3, -0.25) is 4.79 Å². The van der Waals surface area contributed by atoms with Crippen LogP contribution in [0.25, 0.3) is 0 Å². The van der Waals surface area contributed by atoms with Crippen molar-refractivity contribution in [2.45, 2.75) is 18.6 Å². The van der Waals surface area contributed by atoms with Crippen molar-refractivity contribution in [3.05, 3.63) is 35.9 Å². The van der Waals surface area contributed by atoms with Crippen molar-refractivity contribution in [1.29, 1.82) is 0 Å². The van der Waals surface area contributed by atoms with E-state index in [1.807, 2.05) is 35.2 Å². The molecule has 1 aromatic carbocycles. The average molecular weight is 203 g/mol. The zero-order valence-electron chi connectivity index (χ0n) is 8.43. The van der Waals surface area contributed by atoms with E-state index in [1.165, 1.54) is 0 Å². The molecule has 2 fully saturated rings. The van der Waals surface area contributed by atoms with Crippen LogP contribution in [0.15, 0.2) is 30.3 Å². The molecule has 0 aliphatic carbocycles. The Morgan fingerprint density at radius 2 is 2.13 bits per heavy atom. The van der Waals surface area contributed by atoms with Crippen LogP contribution in [0, 0.1) is 0 Å². The van der Waals surface area contributed by atoms with Gasteiger partial charge in [0.1, 0.15) is 0 Å². The summed E-state index contributed by atoms with van der Waals surface area (Å²) in [5, 5.41) is 0. The zero-order valence-corrected chi connectivity index (χ0v) is 8.43. The first-order valence-corrected chi connectivity index (χ1v) is 5.32. The Labute approximate surface area is 88.6 Å². The molecule has 2 aliphatic rings. The van der Waals surface area contributed by atoms with E-state index in [-0.39, 0.29) is 12.0 Å². The van der Waals surface area contributed by atoms with E-state index in [4.69, 9.17) is 4.74 Å². The topological polar surface area (TPSA) is 29.5 Å². The lowest BCUT2D eigenvalue weighted by atomic mass is 10.2. The Morgan fingerprint density at radius 3 is 2.73 bits per heavy atom. The van der Waals surface area contributed by atoms with Crippen LogP contribution in [0.3, 0.4) is 0 Å². The molecule has 78 valence electrons. The number of rotatable bonds is 1. The van der Waals surface area contributed by atoms with Crippen molar-refractivity contribution in [3.8, 4) is 0 Å². The SMILES string of the molecule is O=C(c1ccccc1)N1CC2C[C@H]1CO2. The first-order chi connectivity index (χ1) is 7.34. The van der Waals surface area contributed by atoms with Crippen molar-refractivity contribution in [3.63, 3.8) is 0 Å². The molecule has 0 spiro atoms. The lowest BCUT2D eigenvalue weighted by Gasteiger charge is -2.26. The van der Waals surface area contributed by atoms with Crippen LogP contribution < -0.4 is 0 Å². The highest BCUT2D eigenvalue weighted by atomic mass is 16.5. The molecule has 1 unspecified atom stereocenters. The molecule has 3 heteroatoms. The molecule has 15 heavy (non-hydrogen) atoms. The monoisotopic (exact) mass is 203 g/mol. The predicted molar refractivity (Wildman–Crippen MR) is 55.6 cm³/mol. The van der Waals surface area contributed by atoms with E-state index in [9.17, 15) is 4.79 Å². The van der Waals surface area contributed by atoms with Gasteiger partial charge in [-0.2, -0.15) is 0 Å². The van der Waals surface area contributed by atoms with Gasteiger partial charge in [0.2, 0.25) is 0 Å². The second kappa shape index (κ2) is 3.35. The van der Waals surface area contributed by atoms with Gasteiger partial charge in [-0.25, -0.2) is 0 Å². The van der Waals surface area contributed by atoms with Gasteiger partial charge < -0.3 is 9.64 Å². The van der Waals surface area contributed by atoms with Gasteiger partial charge in [0.15, 0.2) is 0 Å². The van der Waals surface area contributed by atoms with Crippen LogP contribution in [0.2, 0.25) is 0 Å².